The van der Waals surface area contributed by atoms with E-state index < -0.39 is 6.04 Å². The van der Waals surface area contributed by atoms with Gasteiger partial charge in [-0.05, 0) is 26.3 Å². The van der Waals surface area contributed by atoms with Crippen molar-refractivity contribution >= 4 is 5.97 Å². The van der Waals surface area contributed by atoms with E-state index in [0.29, 0.717) is 13.0 Å². The van der Waals surface area contributed by atoms with E-state index in [9.17, 15) is 4.79 Å². The van der Waals surface area contributed by atoms with Gasteiger partial charge in [0.15, 0.2) is 0 Å². The monoisotopic (exact) mass is 202 g/mol. The third-order valence-electron chi connectivity index (χ3n) is 2.06. The molecule has 0 rings (SSSR count). The quantitative estimate of drug-likeness (QED) is 0.450. The number of esters is 1. The first-order chi connectivity index (χ1) is 6.72. The molecular formula is C10H22N2O2. The molecule has 0 aliphatic rings. The molecule has 0 spiro atoms. The molecule has 84 valence electrons. The first kappa shape index (κ1) is 13.4. The zero-order valence-electron chi connectivity index (χ0n) is 9.00. The maximum atomic E-state index is 11.1. The lowest BCUT2D eigenvalue weighted by Gasteiger charge is -2.09. The highest BCUT2D eigenvalue weighted by Crippen LogP contribution is 2.05. The van der Waals surface area contributed by atoms with Gasteiger partial charge in [0.2, 0.25) is 0 Å². The van der Waals surface area contributed by atoms with Crippen LogP contribution in [0.4, 0.5) is 0 Å². The van der Waals surface area contributed by atoms with Crippen LogP contribution in [0.3, 0.4) is 0 Å². The van der Waals surface area contributed by atoms with Gasteiger partial charge in [-0.1, -0.05) is 19.3 Å². The molecule has 0 amide bonds. The molecule has 0 saturated heterocycles. The molecule has 4 N–H and O–H groups in total. The Morgan fingerprint density at radius 1 is 1.29 bits per heavy atom. The third-order valence-corrected chi connectivity index (χ3v) is 2.06. The van der Waals surface area contributed by atoms with E-state index in [-0.39, 0.29) is 5.97 Å². The predicted octanol–water partition coefficient (Wildman–Crippen LogP) is 0.786. The molecule has 14 heavy (non-hydrogen) atoms. The van der Waals surface area contributed by atoms with Gasteiger partial charge in [0.05, 0.1) is 6.61 Å². The van der Waals surface area contributed by atoms with Crippen molar-refractivity contribution in [1.29, 1.82) is 0 Å². The Kier molecular flexibility index (Phi) is 8.57. The molecule has 0 aliphatic heterocycles. The highest BCUT2D eigenvalue weighted by atomic mass is 16.5. The van der Waals surface area contributed by atoms with Crippen molar-refractivity contribution in [3.63, 3.8) is 0 Å². The molecule has 0 heterocycles. The lowest BCUT2D eigenvalue weighted by molar-refractivity contribution is -0.144. The standard InChI is InChI=1S/C10H22N2O2/c1-2-14-10(13)9(12)7-5-3-4-6-8-11/h9H,2-8,11-12H2,1H3. The summed E-state index contributed by atoms with van der Waals surface area (Å²) in [5.74, 6) is -0.286. The van der Waals surface area contributed by atoms with Crippen molar-refractivity contribution in [2.24, 2.45) is 11.5 Å². The van der Waals surface area contributed by atoms with Crippen LogP contribution in [0.25, 0.3) is 0 Å². The molecule has 0 bridgehead atoms. The smallest absolute Gasteiger partial charge is 0.322 e. The van der Waals surface area contributed by atoms with Gasteiger partial charge < -0.3 is 16.2 Å². The summed E-state index contributed by atoms with van der Waals surface area (Å²) in [6.45, 7) is 2.93. The topological polar surface area (TPSA) is 78.3 Å². The highest BCUT2D eigenvalue weighted by Gasteiger charge is 2.13. The lowest BCUT2D eigenvalue weighted by Crippen LogP contribution is -2.32. The van der Waals surface area contributed by atoms with Gasteiger partial charge >= 0.3 is 5.97 Å². The summed E-state index contributed by atoms with van der Waals surface area (Å²) in [6.07, 6.45) is 4.94. The summed E-state index contributed by atoms with van der Waals surface area (Å²) in [5.41, 5.74) is 11.0. The summed E-state index contributed by atoms with van der Waals surface area (Å²) in [5, 5.41) is 0. The summed E-state index contributed by atoms with van der Waals surface area (Å²) in [7, 11) is 0. The molecule has 0 fully saturated rings. The van der Waals surface area contributed by atoms with Crippen molar-refractivity contribution in [3.05, 3.63) is 0 Å². The fourth-order valence-electron chi connectivity index (χ4n) is 1.23. The molecule has 0 saturated carbocycles. The second kappa shape index (κ2) is 8.97. The average molecular weight is 202 g/mol. The van der Waals surface area contributed by atoms with Gasteiger partial charge in [-0.25, -0.2) is 0 Å². The number of rotatable bonds is 8. The number of carbonyl (C=O) groups excluding carboxylic acids is 1. The normalized spacial score (nSPS) is 12.5. The van der Waals surface area contributed by atoms with Crippen LogP contribution in [0, 0.1) is 0 Å². The summed E-state index contributed by atoms with van der Waals surface area (Å²) in [6, 6.07) is -0.451. The van der Waals surface area contributed by atoms with Crippen LogP contribution < -0.4 is 11.5 Å². The summed E-state index contributed by atoms with van der Waals surface area (Å²) >= 11 is 0. The van der Waals surface area contributed by atoms with Crippen molar-refractivity contribution in [2.75, 3.05) is 13.2 Å². The van der Waals surface area contributed by atoms with Gasteiger partial charge in [0.25, 0.3) is 0 Å². The highest BCUT2D eigenvalue weighted by molar-refractivity contribution is 5.75. The van der Waals surface area contributed by atoms with E-state index in [1.807, 2.05) is 0 Å². The maximum Gasteiger partial charge on any atom is 0.322 e. The second-order valence-corrected chi connectivity index (χ2v) is 3.35. The molecule has 4 heteroatoms. The Balaban J connectivity index is 3.34. The zero-order chi connectivity index (χ0) is 10.8. The molecule has 0 aromatic carbocycles. The molecule has 0 radical (unpaired) electrons. The van der Waals surface area contributed by atoms with Crippen LogP contribution in [0.2, 0.25) is 0 Å². The number of unbranched alkanes of at least 4 members (excludes halogenated alkanes) is 3. The molecule has 0 aliphatic carbocycles. The Morgan fingerprint density at radius 3 is 2.50 bits per heavy atom. The van der Waals surface area contributed by atoms with Crippen molar-refractivity contribution in [3.8, 4) is 0 Å². The van der Waals surface area contributed by atoms with Crippen LogP contribution in [0.1, 0.15) is 39.0 Å². The second-order valence-electron chi connectivity index (χ2n) is 3.35. The Labute approximate surface area is 86.0 Å². The van der Waals surface area contributed by atoms with Crippen LogP contribution in [0.5, 0.6) is 0 Å². The minimum Gasteiger partial charge on any atom is -0.465 e. The summed E-state index contributed by atoms with van der Waals surface area (Å²) in [4.78, 5) is 11.1. The maximum absolute atomic E-state index is 11.1. The van der Waals surface area contributed by atoms with Gasteiger partial charge in [0, 0.05) is 0 Å². The molecule has 4 nitrogen and oxygen atoms in total. The Hall–Kier alpha value is -0.610. The number of ether oxygens (including phenoxy) is 1. The predicted molar refractivity (Wildman–Crippen MR) is 56.7 cm³/mol. The van der Waals surface area contributed by atoms with E-state index in [4.69, 9.17) is 16.2 Å². The molecular weight excluding hydrogens is 180 g/mol. The number of carbonyl (C=O) groups is 1. The van der Waals surface area contributed by atoms with Crippen molar-refractivity contribution in [2.45, 2.75) is 45.1 Å². The van der Waals surface area contributed by atoms with Gasteiger partial charge in [-0.15, -0.1) is 0 Å². The Bertz CT molecular complexity index is 151. The zero-order valence-corrected chi connectivity index (χ0v) is 9.00. The van der Waals surface area contributed by atoms with Gasteiger partial charge in [-0.2, -0.15) is 0 Å². The van der Waals surface area contributed by atoms with Crippen LogP contribution >= 0.6 is 0 Å². The van der Waals surface area contributed by atoms with E-state index in [1.165, 1.54) is 0 Å². The van der Waals surface area contributed by atoms with Crippen molar-refractivity contribution < 1.29 is 9.53 Å². The van der Waals surface area contributed by atoms with E-state index in [0.717, 1.165) is 32.2 Å². The number of hydrogen-bond acceptors (Lipinski definition) is 4. The molecule has 0 aromatic heterocycles. The molecule has 0 aromatic rings. The minimum atomic E-state index is -0.451. The number of hydrogen-bond donors (Lipinski definition) is 2. The minimum absolute atomic E-state index is 0.286. The van der Waals surface area contributed by atoms with Gasteiger partial charge in [0.1, 0.15) is 6.04 Å². The van der Waals surface area contributed by atoms with E-state index in [2.05, 4.69) is 0 Å². The largest absolute Gasteiger partial charge is 0.465 e. The molecule has 1 unspecified atom stereocenters. The van der Waals surface area contributed by atoms with Crippen LogP contribution in [0.15, 0.2) is 0 Å². The SMILES string of the molecule is CCOC(=O)C(N)CCCCCCN. The van der Waals surface area contributed by atoms with Crippen LogP contribution in [-0.2, 0) is 9.53 Å². The lowest BCUT2D eigenvalue weighted by atomic mass is 10.1. The van der Waals surface area contributed by atoms with Gasteiger partial charge in [-0.3, -0.25) is 4.79 Å². The van der Waals surface area contributed by atoms with E-state index in [1.54, 1.807) is 6.92 Å². The van der Waals surface area contributed by atoms with Crippen LogP contribution in [-0.4, -0.2) is 25.2 Å². The number of nitrogens with two attached hydrogens (primary N) is 2. The summed E-state index contributed by atoms with van der Waals surface area (Å²) < 4.78 is 4.80. The first-order valence-electron chi connectivity index (χ1n) is 5.34. The first-order valence-corrected chi connectivity index (χ1v) is 5.34. The fourth-order valence-corrected chi connectivity index (χ4v) is 1.23. The van der Waals surface area contributed by atoms with Crippen molar-refractivity contribution in [1.82, 2.24) is 0 Å². The third kappa shape index (κ3) is 6.86. The average Bonchev–Trinajstić information content (AvgIpc) is 2.17. The van der Waals surface area contributed by atoms with E-state index >= 15 is 0 Å². The fraction of sp³-hybridized carbons (Fsp3) is 0.900. The Morgan fingerprint density at radius 2 is 1.93 bits per heavy atom. The molecule has 1 atom stereocenters.